The van der Waals surface area contributed by atoms with Gasteiger partial charge < -0.3 is 9.55 Å². The molecule has 2 aliphatic rings. The number of rotatable bonds is 4. The monoisotopic (exact) mass is 465 g/mol. The van der Waals surface area contributed by atoms with Crippen LogP contribution in [-0.2, 0) is 0 Å². The quantitative estimate of drug-likeness (QED) is 0.352. The minimum Gasteiger partial charge on any atom is -0.551 e. The molecule has 5 aromatic carbocycles. The molecule has 0 aliphatic carbocycles. The van der Waals surface area contributed by atoms with Crippen LogP contribution < -0.4 is 31.4 Å². The second-order valence-electron chi connectivity index (χ2n) is 8.86. The van der Waals surface area contributed by atoms with E-state index < -0.39 is 0 Å². The first kappa shape index (κ1) is 20.5. The van der Waals surface area contributed by atoms with Crippen LogP contribution in [0, 0.1) is 0 Å². The highest BCUT2D eigenvalue weighted by Gasteiger charge is 2.44. The molecule has 0 atom stereocenters. The average Bonchev–Trinajstić information content (AvgIpc) is 2.93. The largest absolute Gasteiger partial charge is 0.551 e. The van der Waals surface area contributed by atoms with Gasteiger partial charge in [-0.05, 0) is 63.1 Å². The summed E-state index contributed by atoms with van der Waals surface area (Å²) in [4.78, 5) is 3.72. The van der Waals surface area contributed by atoms with Crippen molar-refractivity contribution < 1.29 is 4.65 Å². The third-order valence-corrected chi connectivity index (χ3v) is 8.09. The Bertz CT molecular complexity index is 1420. The highest BCUT2D eigenvalue weighted by molar-refractivity contribution is 8.28. The highest BCUT2D eigenvalue weighted by Crippen LogP contribution is 2.39. The van der Waals surface area contributed by atoms with E-state index in [-0.39, 0.29) is 12.9 Å². The number of hydrogen-bond donors (Lipinski definition) is 0. The van der Waals surface area contributed by atoms with Gasteiger partial charge in [0.2, 0.25) is 0 Å². The third kappa shape index (κ3) is 3.38. The Morgan fingerprint density at radius 2 is 1.09 bits per heavy atom. The molecule has 0 aromatic heterocycles. The molecule has 5 heteroatoms. The van der Waals surface area contributed by atoms with Gasteiger partial charge in [0.15, 0.2) is 0 Å². The molecule has 2 heterocycles. The van der Waals surface area contributed by atoms with Gasteiger partial charge in [0.25, 0.3) is 5.99 Å². The van der Waals surface area contributed by atoms with Gasteiger partial charge in [-0.1, -0.05) is 91.0 Å². The van der Waals surface area contributed by atoms with E-state index in [4.69, 9.17) is 4.65 Å². The van der Waals surface area contributed by atoms with Crippen LogP contribution in [-0.4, -0.2) is 12.9 Å². The van der Waals surface area contributed by atoms with Gasteiger partial charge in [0, 0.05) is 17.1 Å². The summed E-state index contributed by atoms with van der Waals surface area (Å²) >= 11 is 1.91. The molecule has 0 bridgehead atoms. The van der Waals surface area contributed by atoms with Gasteiger partial charge >= 0.3 is 6.92 Å². The molecule has 0 fully saturated rings. The van der Waals surface area contributed by atoms with Crippen molar-refractivity contribution in [2.45, 2.75) is 4.90 Å². The van der Waals surface area contributed by atoms with Crippen LogP contribution in [0.1, 0.15) is 0 Å². The lowest BCUT2D eigenvalue weighted by molar-refractivity contribution is 0.591. The SMILES string of the molecule is c1ccc(OB2c3ccccc3N3c4ccccc4B(Sc4ccccc4)c4cccc2c43)cc1. The van der Waals surface area contributed by atoms with Crippen LogP contribution in [0.3, 0.4) is 0 Å². The summed E-state index contributed by atoms with van der Waals surface area (Å²) in [6.45, 7) is -0.174. The Morgan fingerprint density at radius 3 is 1.86 bits per heavy atom. The Morgan fingerprint density at radius 1 is 0.514 bits per heavy atom. The van der Waals surface area contributed by atoms with Crippen molar-refractivity contribution in [3.05, 3.63) is 127 Å². The standard InChI is InChI=1S/C30H21B2NOS/c1-3-12-22(13-4-1)34-31-24-16-7-9-20-28(24)33-29-21-10-8-17-25(29)32(35-23-14-5-2-6-15-23)27-19-11-18-26(31)30(27)33/h1-21H. The second-order valence-corrected chi connectivity index (χ2v) is 10.0. The second kappa shape index (κ2) is 8.44. The van der Waals surface area contributed by atoms with Crippen molar-refractivity contribution >= 4 is 63.4 Å². The van der Waals surface area contributed by atoms with E-state index in [9.17, 15) is 0 Å². The predicted octanol–water partition coefficient (Wildman–Crippen LogP) is 4.87. The van der Waals surface area contributed by atoms with Crippen LogP contribution in [0.25, 0.3) is 0 Å². The van der Waals surface area contributed by atoms with Crippen molar-refractivity contribution in [2.75, 3.05) is 4.90 Å². The van der Waals surface area contributed by atoms with E-state index >= 15 is 0 Å². The van der Waals surface area contributed by atoms with Crippen LogP contribution in [0.2, 0.25) is 0 Å². The number of para-hydroxylation sites is 4. The molecule has 0 spiro atoms. The van der Waals surface area contributed by atoms with E-state index in [0.29, 0.717) is 0 Å². The fraction of sp³-hybridized carbons (Fsp3) is 0. The summed E-state index contributed by atoms with van der Waals surface area (Å²) in [7, 11) is 0. The van der Waals surface area contributed by atoms with Gasteiger partial charge in [-0.15, -0.1) is 0 Å². The molecule has 5 aromatic rings. The molecule has 0 radical (unpaired) electrons. The number of fused-ring (bicyclic) bond motifs is 4. The van der Waals surface area contributed by atoms with Gasteiger partial charge in [0.1, 0.15) is 0 Å². The van der Waals surface area contributed by atoms with E-state index in [1.165, 1.54) is 43.8 Å². The van der Waals surface area contributed by atoms with Crippen LogP contribution in [0.15, 0.2) is 132 Å². The van der Waals surface area contributed by atoms with Crippen molar-refractivity contribution in [1.82, 2.24) is 0 Å². The molecular formula is C30H21B2NOS. The maximum absolute atomic E-state index is 6.69. The molecule has 164 valence electrons. The summed E-state index contributed by atoms with van der Waals surface area (Å²) in [5, 5.41) is 0. The third-order valence-electron chi connectivity index (χ3n) is 6.80. The number of nitrogens with zero attached hydrogens (tertiary/aromatic N) is 1. The van der Waals surface area contributed by atoms with Gasteiger partial charge in [-0.3, -0.25) is 0 Å². The van der Waals surface area contributed by atoms with Crippen LogP contribution in [0.5, 0.6) is 5.75 Å². The minimum absolute atomic E-state index is 0.174. The van der Waals surface area contributed by atoms with Crippen molar-refractivity contribution in [3.63, 3.8) is 0 Å². The molecule has 2 nitrogen and oxygen atoms in total. The summed E-state index contributed by atoms with van der Waals surface area (Å²) < 4.78 is 6.69. The maximum Gasteiger partial charge on any atom is 0.430 e. The minimum atomic E-state index is -0.174. The van der Waals surface area contributed by atoms with Crippen LogP contribution in [0.4, 0.5) is 17.1 Å². The molecule has 0 saturated carbocycles. The summed E-state index contributed by atoms with van der Waals surface area (Å²) in [5.74, 6) is 1.08. The van der Waals surface area contributed by atoms with Gasteiger partial charge in [-0.25, -0.2) is 0 Å². The zero-order valence-electron chi connectivity index (χ0n) is 19.0. The maximum atomic E-state index is 6.69. The van der Waals surface area contributed by atoms with E-state index in [0.717, 1.165) is 5.75 Å². The molecule has 0 saturated heterocycles. The lowest BCUT2D eigenvalue weighted by atomic mass is 9.48. The Labute approximate surface area is 210 Å². The Kier molecular flexibility index (Phi) is 4.95. The van der Waals surface area contributed by atoms with Crippen molar-refractivity contribution in [2.24, 2.45) is 0 Å². The van der Waals surface area contributed by atoms with Crippen LogP contribution >= 0.6 is 11.6 Å². The lowest BCUT2D eigenvalue weighted by Gasteiger charge is -2.42. The molecule has 0 unspecified atom stereocenters. The summed E-state index contributed by atoms with van der Waals surface area (Å²) in [6.07, 6.45) is 0. The molecule has 0 amide bonds. The normalized spacial score (nSPS) is 13.1. The molecular weight excluding hydrogens is 444 g/mol. The lowest BCUT2D eigenvalue weighted by Crippen LogP contribution is -2.60. The molecule has 35 heavy (non-hydrogen) atoms. The summed E-state index contributed by atoms with van der Waals surface area (Å²) in [5.41, 5.74) is 8.73. The molecule has 2 aliphatic heterocycles. The predicted molar refractivity (Wildman–Crippen MR) is 151 cm³/mol. The topological polar surface area (TPSA) is 12.5 Å². The smallest absolute Gasteiger partial charge is 0.430 e. The Balaban J connectivity index is 1.45. The van der Waals surface area contributed by atoms with E-state index in [2.05, 4.69) is 102 Å². The molecule has 7 rings (SSSR count). The van der Waals surface area contributed by atoms with Crippen molar-refractivity contribution in [1.29, 1.82) is 0 Å². The fourth-order valence-corrected chi connectivity index (χ4v) is 6.55. The Hall–Kier alpha value is -3.82. The van der Waals surface area contributed by atoms with E-state index in [1.54, 1.807) is 0 Å². The number of anilines is 3. The zero-order chi connectivity index (χ0) is 23.2. The van der Waals surface area contributed by atoms with Crippen molar-refractivity contribution in [3.8, 4) is 5.75 Å². The average molecular weight is 465 g/mol. The first-order valence-electron chi connectivity index (χ1n) is 11.9. The fourth-order valence-electron chi connectivity index (χ4n) is 5.32. The highest BCUT2D eigenvalue weighted by atomic mass is 32.2. The first-order valence-corrected chi connectivity index (χ1v) is 12.8. The number of benzene rings is 5. The summed E-state index contributed by atoms with van der Waals surface area (Å²) in [6, 6.07) is 45.0. The molecule has 0 N–H and O–H groups in total. The van der Waals surface area contributed by atoms with E-state index in [1.807, 2.05) is 41.9 Å². The van der Waals surface area contributed by atoms with Gasteiger partial charge in [0.05, 0.1) is 5.75 Å². The first-order chi connectivity index (χ1) is 17.4. The van der Waals surface area contributed by atoms with Gasteiger partial charge in [-0.2, -0.15) is 11.6 Å². The number of hydrogen-bond acceptors (Lipinski definition) is 3. The zero-order valence-corrected chi connectivity index (χ0v) is 19.9.